The molecule has 0 amide bonds. The van der Waals surface area contributed by atoms with Crippen LogP contribution in [0.3, 0.4) is 0 Å². The van der Waals surface area contributed by atoms with Crippen LogP contribution in [0.5, 0.6) is 0 Å². The number of nitrogen functional groups attached to an aromatic ring is 1. The van der Waals surface area contributed by atoms with Crippen LogP contribution in [0, 0.1) is 0 Å². The van der Waals surface area contributed by atoms with Crippen molar-refractivity contribution in [3.8, 4) is 0 Å². The molecule has 122 valence electrons. The summed E-state index contributed by atoms with van der Waals surface area (Å²) in [6, 6.07) is 16.7. The van der Waals surface area contributed by atoms with E-state index in [1.165, 1.54) is 11.1 Å². The van der Waals surface area contributed by atoms with E-state index in [0.29, 0.717) is 6.04 Å². The van der Waals surface area contributed by atoms with Crippen molar-refractivity contribution in [1.29, 1.82) is 0 Å². The Kier molecular flexibility index (Phi) is 5.21. The molecule has 0 bridgehead atoms. The fraction of sp³-hybridized carbons (Fsp3) is 0.368. The summed E-state index contributed by atoms with van der Waals surface area (Å²) in [5, 5.41) is 0.863. The van der Waals surface area contributed by atoms with Gasteiger partial charge in [0.2, 0.25) is 0 Å². The van der Waals surface area contributed by atoms with Gasteiger partial charge in [-0.05, 0) is 36.2 Å². The second-order valence-corrected chi connectivity index (χ2v) is 6.66. The summed E-state index contributed by atoms with van der Waals surface area (Å²) in [6.07, 6.45) is 0. The van der Waals surface area contributed by atoms with Crippen LogP contribution in [-0.2, 0) is 6.54 Å². The highest BCUT2D eigenvalue weighted by Gasteiger charge is 2.23. The predicted molar refractivity (Wildman–Crippen MR) is 97.6 cm³/mol. The van der Waals surface area contributed by atoms with Crippen molar-refractivity contribution in [2.75, 3.05) is 31.9 Å². The first kappa shape index (κ1) is 16.3. The zero-order valence-electron chi connectivity index (χ0n) is 13.6. The molecule has 3 rings (SSSR count). The third-order valence-electron chi connectivity index (χ3n) is 4.67. The number of nitrogens with zero attached hydrogens (tertiary/aromatic N) is 2. The van der Waals surface area contributed by atoms with Crippen LogP contribution in [0.15, 0.2) is 48.5 Å². The number of benzene rings is 2. The van der Waals surface area contributed by atoms with E-state index in [1.54, 1.807) is 0 Å². The maximum Gasteiger partial charge on any atom is 0.0453 e. The molecule has 2 aromatic carbocycles. The van der Waals surface area contributed by atoms with Crippen LogP contribution in [-0.4, -0.2) is 36.0 Å². The van der Waals surface area contributed by atoms with Gasteiger partial charge in [-0.15, -0.1) is 0 Å². The smallest absolute Gasteiger partial charge is 0.0453 e. The van der Waals surface area contributed by atoms with Crippen LogP contribution in [0.4, 0.5) is 5.69 Å². The number of piperazine rings is 1. The molecule has 1 fully saturated rings. The van der Waals surface area contributed by atoms with Gasteiger partial charge in [-0.25, -0.2) is 0 Å². The molecule has 23 heavy (non-hydrogen) atoms. The second-order valence-electron chi connectivity index (χ2n) is 6.25. The molecule has 1 aliphatic heterocycles. The number of hydrogen-bond donors (Lipinski definition) is 1. The molecule has 0 aromatic heterocycles. The topological polar surface area (TPSA) is 32.5 Å². The average Bonchev–Trinajstić information content (AvgIpc) is 2.55. The molecule has 1 heterocycles. The number of rotatable bonds is 4. The minimum Gasteiger partial charge on any atom is -0.399 e. The lowest BCUT2D eigenvalue weighted by Crippen LogP contribution is -2.46. The Morgan fingerprint density at radius 2 is 1.78 bits per heavy atom. The SMILES string of the molecule is CC(c1ccccc1Cl)N1CCN(Cc2cccc(N)c2)CC1. The Balaban J connectivity index is 1.57. The van der Waals surface area contributed by atoms with Gasteiger partial charge in [0, 0.05) is 49.5 Å². The first-order chi connectivity index (χ1) is 11.1. The van der Waals surface area contributed by atoms with Crippen LogP contribution < -0.4 is 5.73 Å². The third-order valence-corrected chi connectivity index (χ3v) is 5.01. The van der Waals surface area contributed by atoms with E-state index in [0.717, 1.165) is 43.4 Å². The maximum absolute atomic E-state index is 6.34. The van der Waals surface area contributed by atoms with Crippen LogP contribution >= 0.6 is 11.6 Å². The quantitative estimate of drug-likeness (QED) is 0.866. The Labute approximate surface area is 143 Å². The molecular weight excluding hydrogens is 306 g/mol. The Morgan fingerprint density at radius 3 is 2.48 bits per heavy atom. The van der Waals surface area contributed by atoms with E-state index in [-0.39, 0.29) is 0 Å². The fourth-order valence-corrected chi connectivity index (χ4v) is 3.56. The number of nitrogens with two attached hydrogens (primary N) is 1. The largest absolute Gasteiger partial charge is 0.399 e. The van der Waals surface area contributed by atoms with E-state index < -0.39 is 0 Å². The van der Waals surface area contributed by atoms with Crippen molar-refractivity contribution in [3.63, 3.8) is 0 Å². The highest BCUT2D eigenvalue weighted by molar-refractivity contribution is 6.31. The second kappa shape index (κ2) is 7.35. The first-order valence-electron chi connectivity index (χ1n) is 8.19. The molecular formula is C19H24ClN3. The Bertz CT molecular complexity index is 651. The van der Waals surface area contributed by atoms with Gasteiger partial charge in [0.05, 0.1) is 0 Å². The molecule has 1 unspecified atom stereocenters. The third kappa shape index (κ3) is 4.05. The molecule has 1 atom stereocenters. The summed E-state index contributed by atoms with van der Waals surface area (Å²) >= 11 is 6.34. The van der Waals surface area contributed by atoms with Gasteiger partial charge in [-0.3, -0.25) is 9.80 Å². The molecule has 1 saturated heterocycles. The van der Waals surface area contributed by atoms with Crippen molar-refractivity contribution in [1.82, 2.24) is 9.80 Å². The fourth-order valence-electron chi connectivity index (χ4n) is 3.27. The molecule has 3 nitrogen and oxygen atoms in total. The highest BCUT2D eigenvalue weighted by Crippen LogP contribution is 2.28. The summed E-state index contributed by atoms with van der Waals surface area (Å²) in [7, 11) is 0. The minimum atomic E-state index is 0.359. The van der Waals surface area contributed by atoms with Gasteiger partial charge in [-0.2, -0.15) is 0 Å². The zero-order valence-corrected chi connectivity index (χ0v) is 14.3. The number of hydrogen-bond acceptors (Lipinski definition) is 3. The van der Waals surface area contributed by atoms with E-state index in [9.17, 15) is 0 Å². The predicted octanol–water partition coefficient (Wildman–Crippen LogP) is 3.80. The van der Waals surface area contributed by atoms with Crippen molar-refractivity contribution in [3.05, 3.63) is 64.7 Å². The van der Waals surface area contributed by atoms with E-state index in [2.05, 4.69) is 41.0 Å². The Morgan fingerprint density at radius 1 is 1.04 bits per heavy atom. The normalized spacial score (nSPS) is 18.0. The summed E-state index contributed by atoms with van der Waals surface area (Å²) in [4.78, 5) is 5.00. The molecule has 0 spiro atoms. The highest BCUT2D eigenvalue weighted by atomic mass is 35.5. The van der Waals surface area contributed by atoms with E-state index >= 15 is 0 Å². The molecule has 0 saturated carbocycles. The Hall–Kier alpha value is -1.55. The van der Waals surface area contributed by atoms with E-state index in [1.807, 2.05) is 24.3 Å². The first-order valence-corrected chi connectivity index (χ1v) is 8.56. The molecule has 1 aliphatic rings. The summed E-state index contributed by atoms with van der Waals surface area (Å²) in [5.74, 6) is 0. The van der Waals surface area contributed by atoms with Gasteiger partial charge in [0.1, 0.15) is 0 Å². The van der Waals surface area contributed by atoms with Gasteiger partial charge in [0.15, 0.2) is 0 Å². The minimum absolute atomic E-state index is 0.359. The zero-order chi connectivity index (χ0) is 16.2. The van der Waals surface area contributed by atoms with Crippen molar-refractivity contribution in [2.45, 2.75) is 19.5 Å². The average molecular weight is 330 g/mol. The number of anilines is 1. The molecule has 4 heteroatoms. The van der Waals surface area contributed by atoms with Gasteiger partial charge < -0.3 is 5.73 Å². The van der Waals surface area contributed by atoms with Crippen LogP contribution in [0.1, 0.15) is 24.1 Å². The maximum atomic E-state index is 6.34. The van der Waals surface area contributed by atoms with Gasteiger partial charge in [0.25, 0.3) is 0 Å². The lowest BCUT2D eigenvalue weighted by atomic mass is 10.1. The van der Waals surface area contributed by atoms with Crippen LogP contribution in [0.25, 0.3) is 0 Å². The van der Waals surface area contributed by atoms with Gasteiger partial charge >= 0.3 is 0 Å². The van der Waals surface area contributed by atoms with Gasteiger partial charge in [-0.1, -0.05) is 41.9 Å². The number of halogens is 1. The summed E-state index contributed by atoms with van der Waals surface area (Å²) < 4.78 is 0. The summed E-state index contributed by atoms with van der Waals surface area (Å²) in [6.45, 7) is 7.49. The van der Waals surface area contributed by atoms with Crippen molar-refractivity contribution in [2.24, 2.45) is 0 Å². The molecule has 0 aliphatic carbocycles. The molecule has 0 radical (unpaired) electrons. The summed E-state index contributed by atoms with van der Waals surface area (Å²) in [5.41, 5.74) is 9.22. The van der Waals surface area contributed by atoms with Crippen LogP contribution in [0.2, 0.25) is 5.02 Å². The van der Waals surface area contributed by atoms with E-state index in [4.69, 9.17) is 17.3 Å². The monoisotopic (exact) mass is 329 g/mol. The lowest BCUT2D eigenvalue weighted by molar-refractivity contribution is 0.0979. The van der Waals surface area contributed by atoms with Crippen molar-refractivity contribution >= 4 is 17.3 Å². The standard InChI is InChI=1S/C19H24ClN3/c1-15(18-7-2-3-8-19(18)20)23-11-9-22(10-12-23)14-16-5-4-6-17(21)13-16/h2-8,13,15H,9-12,14,21H2,1H3. The van der Waals surface area contributed by atoms with Crippen molar-refractivity contribution < 1.29 is 0 Å². The lowest BCUT2D eigenvalue weighted by Gasteiger charge is -2.38. The molecule has 2 N–H and O–H groups in total. The molecule has 2 aromatic rings.